The molecule has 31 heavy (non-hydrogen) atoms. The largest absolute Gasteiger partial charge is 0.340 e. The number of hydrogen-bond acceptors (Lipinski definition) is 5. The van der Waals surface area contributed by atoms with E-state index in [9.17, 15) is 13.2 Å². The number of anilines is 1. The van der Waals surface area contributed by atoms with E-state index in [0.29, 0.717) is 31.0 Å². The van der Waals surface area contributed by atoms with Gasteiger partial charge in [0.25, 0.3) is 0 Å². The second-order valence-corrected chi connectivity index (χ2v) is 9.51. The molecule has 0 atom stereocenters. The Kier molecular flexibility index (Phi) is 8.26. The first-order valence-electron chi connectivity index (χ1n) is 9.89. The molecule has 0 spiro atoms. The fourth-order valence-electron chi connectivity index (χ4n) is 3.67. The second-order valence-electron chi connectivity index (χ2n) is 7.58. The summed E-state index contributed by atoms with van der Waals surface area (Å²) < 4.78 is 29.2. The smallest absolute Gasteiger partial charge is 0.243 e. The molecule has 2 aromatic rings. The molecular weight excluding hydrogens is 438 g/mol. The number of nitrogens with one attached hydrogen (secondary N) is 2. The molecule has 3 rings (SSSR count). The van der Waals surface area contributed by atoms with Gasteiger partial charge in [0.15, 0.2) is 0 Å². The van der Waals surface area contributed by atoms with Crippen molar-refractivity contribution >= 4 is 34.0 Å². The summed E-state index contributed by atoms with van der Waals surface area (Å²) in [6.07, 6.45) is 1.44. The minimum Gasteiger partial charge on any atom is -0.340 e. The molecule has 1 aliphatic rings. The minimum atomic E-state index is -3.56. The number of nitrogens with zero attached hydrogens (tertiary/aromatic N) is 3. The van der Waals surface area contributed by atoms with Gasteiger partial charge in [-0.3, -0.25) is 4.79 Å². The molecule has 0 bridgehead atoms. The molecule has 1 aromatic carbocycles. The third-order valence-corrected chi connectivity index (χ3v) is 7.52. The van der Waals surface area contributed by atoms with Crippen LogP contribution in [0.1, 0.15) is 36.7 Å². The van der Waals surface area contributed by atoms with E-state index in [1.54, 1.807) is 12.1 Å². The average Bonchev–Trinajstić information content (AvgIpc) is 3.00. The fourth-order valence-corrected chi connectivity index (χ4v) is 5.14. The monoisotopic (exact) mass is 465 g/mol. The number of nitriles is 1. The van der Waals surface area contributed by atoms with Crippen molar-refractivity contribution in [3.05, 3.63) is 47.3 Å². The summed E-state index contributed by atoms with van der Waals surface area (Å²) in [5, 5.41) is 15.3. The van der Waals surface area contributed by atoms with Crippen LogP contribution < -0.4 is 10.6 Å². The summed E-state index contributed by atoms with van der Waals surface area (Å²) in [7, 11) is -1.68. The van der Waals surface area contributed by atoms with Crippen molar-refractivity contribution in [2.75, 3.05) is 18.4 Å². The highest BCUT2D eigenvalue weighted by Gasteiger charge is 2.29. The summed E-state index contributed by atoms with van der Waals surface area (Å²) in [5.74, 6) is -0.199. The van der Waals surface area contributed by atoms with Crippen LogP contribution >= 0.6 is 12.4 Å². The lowest BCUT2D eigenvalue weighted by Gasteiger charge is -2.31. The van der Waals surface area contributed by atoms with Gasteiger partial charge in [0.05, 0.1) is 4.90 Å². The zero-order valence-corrected chi connectivity index (χ0v) is 19.5. The lowest BCUT2D eigenvalue weighted by Crippen LogP contribution is -2.44. The molecule has 1 saturated heterocycles. The van der Waals surface area contributed by atoms with Crippen molar-refractivity contribution in [1.82, 2.24) is 14.2 Å². The van der Waals surface area contributed by atoms with Crippen LogP contribution in [-0.2, 0) is 28.4 Å². The molecule has 168 valence electrons. The van der Waals surface area contributed by atoms with Gasteiger partial charge in [0, 0.05) is 51.0 Å². The highest BCUT2D eigenvalue weighted by atomic mass is 35.5. The Hall–Kier alpha value is -2.38. The Morgan fingerprint density at radius 1 is 1.23 bits per heavy atom. The van der Waals surface area contributed by atoms with Crippen LogP contribution in [0.3, 0.4) is 0 Å². The summed E-state index contributed by atoms with van der Waals surface area (Å²) in [6, 6.07) is 10.5. The second kappa shape index (κ2) is 10.3. The van der Waals surface area contributed by atoms with E-state index in [1.165, 1.54) is 23.4 Å². The molecule has 0 saturated carbocycles. The predicted octanol–water partition coefficient (Wildman–Crippen LogP) is 2.53. The van der Waals surface area contributed by atoms with Gasteiger partial charge >= 0.3 is 0 Å². The lowest BCUT2D eigenvalue weighted by atomic mass is 10.1. The Labute approximate surface area is 189 Å². The van der Waals surface area contributed by atoms with E-state index < -0.39 is 10.0 Å². The minimum absolute atomic E-state index is 0. The number of sulfonamides is 1. The van der Waals surface area contributed by atoms with Crippen molar-refractivity contribution < 1.29 is 13.2 Å². The first-order valence-corrected chi connectivity index (χ1v) is 11.3. The van der Waals surface area contributed by atoms with Gasteiger partial charge in [0.1, 0.15) is 11.8 Å². The molecule has 0 aliphatic carbocycles. The number of amides is 1. The Morgan fingerprint density at radius 3 is 2.35 bits per heavy atom. The highest BCUT2D eigenvalue weighted by Crippen LogP contribution is 2.23. The number of rotatable bonds is 6. The Morgan fingerprint density at radius 2 is 1.84 bits per heavy atom. The van der Waals surface area contributed by atoms with Crippen molar-refractivity contribution in [3.8, 4) is 6.07 Å². The number of carbonyl (C=O) groups is 1. The average molecular weight is 466 g/mol. The summed E-state index contributed by atoms with van der Waals surface area (Å²) in [5.41, 5.74) is 3.35. The zero-order valence-electron chi connectivity index (χ0n) is 17.9. The predicted molar refractivity (Wildman–Crippen MR) is 121 cm³/mol. The summed E-state index contributed by atoms with van der Waals surface area (Å²) in [4.78, 5) is 11.3. The van der Waals surface area contributed by atoms with Crippen LogP contribution in [0.15, 0.2) is 35.2 Å². The van der Waals surface area contributed by atoms with Crippen LogP contribution in [0.25, 0.3) is 0 Å². The normalized spacial score (nSPS) is 15.2. The van der Waals surface area contributed by atoms with E-state index in [-0.39, 0.29) is 29.3 Å². The van der Waals surface area contributed by atoms with Crippen molar-refractivity contribution in [1.29, 1.82) is 5.26 Å². The maximum Gasteiger partial charge on any atom is 0.243 e. The number of piperidine rings is 1. The molecule has 1 aliphatic heterocycles. The van der Waals surface area contributed by atoms with Gasteiger partial charge in [-0.2, -0.15) is 9.57 Å². The van der Waals surface area contributed by atoms with Crippen LogP contribution in [0.4, 0.5) is 5.69 Å². The summed E-state index contributed by atoms with van der Waals surface area (Å²) in [6.45, 7) is 4.95. The van der Waals surface area contributed by atoms with E-state index >= 15 is 0 Å². The maximum atomic E-state index is 12.9. The summed E-state index contributed by atoms with van der Waals surface area (Å²) >= 11 is 0. The third kappa shape index (κ3) is 5.66. The standard InChI is InChI=1S/C21H27N5O3S.ClH/c1-15-17(12-20(13-22)25(15)3)14-23-18-8-10-26(11-9-18)30(28,29)21-6-4-19(5-7-21)24-16(2)27;/h4-7,12,18,23H,8-11,14H2,1-3H3,(H,24,27);1H. The molecule has 1 amide bonds. The van der Waals surface area contributed by atoms with Crippen molar-refractivity contribution in [2.45, 2.75) is 44.2 Å². The van der Waals surface area contributed by atoms with Crippen LogP contribution in [-0.4, -0.2) is 42.3 Å². The van der Waals surface area contributed by atoms with Gasteiger partial charge < -0.3 is 15.2 Å². The van der Waals surface area contributed by atoms with Gasteiger partial charge in [-0.1, -0.05) is 0 Å². The molecular formula is C21H28ClN5O3S. The van der Waals surface area contributed by atoms with Gasteiger partial charge in [-0.25, -0.2) is 8.42 Å². The van der Waals surface area contributed by atoms with Crippen LogP contribution in [0, 0.1) is 18.3 Å². The van der Waals surface area contributed by atoms with E-state index in [0.717, 1.165) is 24.1 Å². The topological polar surface area (TPSA) is 107 Å². The molecule has 2 heterocycles. The van der Waals surface area contributed by atoms with E-state index in [2.05, 4.69) is 16.7 Å². The first-order chi connectivity index (χ1) is 14.2. The van der Waals surface area contributed by atoms with Crippen LogP contribution in [0.2, 0.25) is 0 Å². The van der Waals surface area contributed by atoms with E-state index in [4.69, 9.17) is 5.26 Å². The molecule has 0 radical (unpaired) electrons. The lowest BCUT2D eigenvalue weighted by molar-refractivity contribution is -0.114. The molecule has 1 aromatic heterocycles. The fraction of sp³-hybridized carbons (Fsp3) is 0.429. The SMILES string of the molecule is CC(=O)Nc1ccc(S(=O)(=O)N2CCC(NCc3cc(C#N)n(C)c3C)CC2)cc1.Cl. The quantitative estimate of drug-likeness (QED) is 0.681. The maximum absolute atomic E-state index is 12.9. The number of halogens is 1. The third-order valence-electron chi connectivity index (χ3n) is 5.60. The number of aromatic nitrogens is 1. The zero-order chi connectivity index (χ0) is 21.9. The van der Waals surface area contributed by atoms with Crippen molar-refractivity contribution in [2.24, 2.45) is 7.05 Å². The molecule has 8 nitrogen and oxygen atoms in total. The van der Waals surface area contributed by atoms with Gasteiger partial charge in [0.2, 0.25) is 15.9 Å². The highest BCUT2D eigenvalue weighted by molar-refractivity contribution is 7.89. The first kappa shape index (κ1) is 24.9. The van der Waals surface area contributed by atoms with Crippen molar-refractivity contribution in [3.63, 3.8) is 0 Å². The molecule has 10 heteroatoms. The van der Waals surface area contributed by atoms with Gasteiger partial charge in [-0.05, 0) is 55.7 Å². The number of carbonyl (C=O) groups excluding carboxylic acids is 1. The van der Waals surface area contributed by atoms with E-state index in [1.807, 2.05) is 24.6 Å². The molecule has 2 N–H and O–H groups in total. The number of hydrogen-bond donors (Lipinski definition) is 2. The van der Waals surface area contributed by atoms with Crippen LogP contribution in [0.5, 0.6) is 0 Å². The number of benzene rings is 1. The Balaban J connectivity index is 0.00000341. The van der Waals surface area contributed by atoms with Gasteiger partial charge in [-0.15, -0.1) is 12.4 Å². The Bertz CT molecular complexity index is 1070. The molecule has 1 fully saturated rings. The molecule has 0 unspecified atom stereocenters.